The summed E-state index contributed by atoms with van der Waals surface area (Å²) in [5, 5.41) is 2.90. The number of aromatic nitrogens is 2. The molecule has 1 aromatic heterocycles. The molecule has 8 heteroatoms. The quantitative estimate of drug-likeness (QED) is 0.844. The minimum Gasteiger partial charge on any atom is -0.348 e. The number of carbonyl (C=O) groups is 1. The Kier molecular flexibility index (Phi) is 5.19. The van der Waals surface area contributed by atoms with Gasteiger partial charge in [-0.25, -0.2) is 13.4 Å². The molecule has 0 spiro atoms. The van der Waals surface area contributed by atoms with Gasteiger partial charge in [0.15, 0.2) is 0 Å². The highest BCUT2D eigenvalue weighted by Gasteiger charge is 2.27. The molecule has 1 saturated heterocycles. The number of nitrogens with one attached hydrogen (secondary N) is 1. The molecule has 3 rings (SSSR count). The first-order chi connectivity index (χ1) is 12.0. The average molecular weight is 362 g/mol. The highest BCUT2D eigenvalue weighted by molar-refractivity contribution is 7.89. The second-order valence-corrected chi connectivity index (χ2v) is 8.21. The summed E-state index contributed by atoms with van der Waals surface area (Å²) in [6.07, 6.45) is 7.01. The molecule has 0 aliphatic carbocycles. The summed E-state index contributed by atoms with van der Waals surface area (Å²) < 4.78 is 28.4. The number of hydrogen-bond acceptors (Lipinski definition) is 4. The maximum atomic E-state index is 12.5. The van der Waals surface area contributed by atoms with Gasteiger partial charge in [0.1, 0.15) is 0 Å². The Morgan fingerprint density at radius 3 is 2.52 bits per heavy atom. The highest BCUT2D eigenvalue weighted by Crippen LogP contribution is 2.21. The van der Waals surface area contributed by atoms with Gasteiger partial charge in [0.2, 0.25) is 10.0 Å². The van der Waals surface area contributed by atoms with Crippen LogP contribution in [-0.4, -0.2) is 47.3 Å². The maximum absolute atomic E-state index is 12.5. The van der Waals surface area contributed by atoms with Gasteiger partial charge in [-0.05, 0) is 44.0 Å². The molecular weight excluding hydrogens is 340 g/mol. The summed E-state index contributed by atoms with van der Waals surface area (Å²) in [5.41, 5.74) is 0.442. The first kappa shape index (κ1) is 17.6. The third-order valence-electron chi connectivity index (χ3n) is 4.24. The number of hydrogen-bond donors (Lipinski definition) is 1. The van der Waals surface area contributed by atoms with E-state index in [1.807, 2.05) is 17.7 Å². The number of benzene rings is 1. The lowest BCUT2D eigenvalue weighted by atomic mass is 10.2. The van der Waals surface area contributed by atoms with Gasteiger partial charge in [-0.15, -0.1) is 0 Å². The monoisotopic (exact) mass is 362 g/mol. The van der Waals surface area contributed by atoms with Gasteiger partial charge in [-0.1, -0.05) is 0 Å². The molecule has 0 unspecified atom stereocenters. The first-order valence-corrected chi connectivity index (χ1v) is 9.77. The van der Waals surface area contributed by atoms with Gasteiger partial charge < -0.3 is 9.88 Å². The molecule has 7 nitrogen and oxygen atoms in total. The van der Waals surface area contributed by atoms with Crippen molar-refractivity contribution in [1.82, 2.24) is 19.2 Å². The number of carbonyl (C=O) groups excluding carboxylic acids is 1. The van der Waals surface area contributed by atoms with Gasteiger partial charge in [0.05, 0.1) is 11.2 Å². The zero-order valence-electron chi connectivity index (χ0n) is 14.1. The number of amides is 1. The van der Waals surface area contributed by atoms with Crippen LogP contribution in [0.5, 0.6) is 0 Å². The molecule has 25 heavy (non-hydrogen) atoms. The zero-order chi connectivity index (χ0) is 17.9. The summed E-state index contributed by atoms with van der Waals surface area (Å²) in [4.78, 5) is 16.5. The van der Waals surface area contributed by atoms with Crippen LogP contribution in [0.3, 0.4) is 0 Å². The van der Waals surface area contributed by atoms with Crippen LogP contribution in [0.4, 0.5) is 0 Å². The van der Waals surface area contributed by atoms with E-state index in [2.05, 4.69) is 10.3 Å². The normalized spacial score (nSPS) is 16.7. The third-order valence-corrected chi connectivity index (χ3v) is 6.15. The van der Waals surface area contributed by atoms with Crippen LogP contribution in [0.25, 0.3) is 0 Å². The van der Waals surface area contributed by atoms with E-state index in [0.717, 1.165) is 12.8 Å². The Labute approximate surface area is 147 Å². The molecule has 1 aromatic carbocycles. The van der Waals surface area contributed by atoms with E-state index in [1.165, 1.54) is 16.4 Å². The van der Waals surface area contributed by atoms with E-state index in [4.69, 9.17) is 0 Å². The summed E-state index contributed by atoms with van der Waals surface area (Å²) in [6, 6.07) is 6.05. The highest BCUT2D eigenvalue weighted by atomic mass is 32.2. The van der Waals surface area contributed by atoms with Crippen molar-refractivity contribution in [1.29, 1.82) is 0 Å². The topological polar surface area (TPSA) is 84.3 Å². The van der Waals surface area contributed by atoms with Crippen LogP contribution in [0, 0.1) is 0 Å². The average Bonchev–Trinajstić information content (AvgIpc) is 3.28. The van der Waals surface area contributed by atoms with E-state index in [1.54, 1.807) is 24.7 Å². The van der Waals surface area contributed by atoms with Crippen molar-refractivity contribution in [2.24, 2.45) is 0 Å². The third kappa shape index (κ3) is 4.08. The molecule has 0 radical (unpaired) electrons. The Balaban J connectivity index is 1.64. The van der Waals surface area contributed by atoms with Crippen LogP contribution in [0.2, 0.25) is 0 Å². The second kappa shape index (κ2) is 7.37. The molecule has 0 saturated carbocycles. The molecular formula is C17H22N4O3S. The number of rotatable bonds is 6. The fourth-order valence-electron chi connectivity index (χ4n) is 2.92. The summed E-state index contributed by atoms with van der Waals surface area (Å²) in [6.45, 7) is 3.66. The largest absolute Gasteiger partial charge is 0.348 e. The molecule has 1 aliphatic heterocycles. The van der Waals surface area contributed by atoms with Gasteiger partial charge in [-0.3, -0.25) is 4.79 Å². The molecule has 2 aromatic rings. The molecule has 1 aliphatic rings. The smallest absolute Gasteiger partial charge is 0.251 e. The molecule has 1 fully saturated rings. The van der Waals surface area contributed by atoms with Crippen molar-refractivity contribution in [2.75, 3.05) is 13.1 Å². The van der Waals surface area contributed by atoms with E-state index < -0.39 is 10.0 Å². The van der Waals surface area contributed by atoms with Crippen molar-refractivity contribution in [2.45, 2.75) is 37.2 Å². The first-order valence-electron chi connectivity index (χ1n) is 8.33. The minimum absolute atomic E-state index is 0.0743. The lowest BCUT2D eigenvalue weighted by Gasteiger charge is -2.16. The zero-order valence-corrected chi connectivity index (χ0v) is 14.9. The Morgan fingerprint density at radius 1 is 1.24 bits per heavy atom. The standard InChI is InChI=1S/C17H22N4O3S/c1-14(12-20-11-8-18-13-20)19-17(22)15-4-6-16(7-5-15)25(23,24)21-9-2-3-10-21/h4-8,11,13-14H,2-3,9-10,12H2,1H3,(H,19,22)/t14-/m0/s1. The van der Waals surface area contributed by atoms with Crippen molar-refractivity contribution < 1.29 is 13.2 Å². The van der Waals surface area contributed by atoms with Gasteiger partial charge in [0, 0.05) is 43.6 Å². The fraction of sp³-hybridized carbons (Fsp3) is 0.412. The molecule has 0 bridgehead atoms. The second-order valence-electron chi connectivity index (χ2n) is 6.27. The SMILES string of the molecule is C[C@@H](Cn1ccnc1)NC(=O)c1ccc(S(=O)(=O)N2CCCC2)cc1. The fourth-order valence-corrected chi connectivity index (χ4v) is 4.44. The predicted molar refractivity (Wildman–Crippen MR) is 93.6 cm³/mol. The summed E-state index contributed by atoms with van der Waals surface area (Å²) in [7, 11) is -3.45. The van der Waals surface area contributed by atoms with Crippen LogP contribution in [0.1, 0.15) is 30.1 Å². The predicted octanol–water partition coefficient (Wildman–Crippen LogP) is 1.49. The van der Waals surface area contributed by atoms with E-state index in [-0.39, 0.29) is 16.8 Å². The molecule has 2 heterocycles. The van der Waals surface area contributed by atoms with Gasteiger partial charge in [0.25, 0.3) is 5.91 Å². The van der Waals surface area contributed by atoms with Gasteiger partial charge in [-0.2, -0.15) is 4.31 Å². The number of imidazole rings is 1. The molecule has 1 atom stereocenters. The lowest BCUT2D eigenvalue weighted by molar-refractivity contribution is 0.0936. The maximum Gasteiger partial charge on any atom is 0.251 e. The van der Waals surface area contributed by atoms with Crippen LogP contribution < -0.4 is 5.32 Å². The van der Waals surface area contributed by atoms with Crippen LogP contribution in [-0.2, 0) is 16.6 Å². The summed E-state index contributed by atoms with van der Waals surface area (Å²) in [5.74, 6) is -0.224. The Morgan fingerprint density at radius 2 is 1.92 bits per heavy atom. The minimum atomic E-state index is -3.45. The Hall–Kier alpha value is -2.19. The molecule has 1 amide bonds. The number of sulfonamides is 1. The summed E-state index contributed by atoms with van der Waals surface area (Å²) >= 11 is 0. The molecule has 134 valence electrons. The van der Waals surface area contributed by atoms with E-state index in [0.29, 0.717) is 25.2 Å². The van der Waals surface area contributed by atoms with Crippen molar-refractivity contribution in [3.05, 3.63) is 48.5 Å². The van der Waals surface area contributed by atoms with Gasteiger partial charge >= 0.3 is 0 Å². The van der Waals surface area contributed by atoms with E-state index >= 15 is 0 Å². The van der Waals surface area contributed by atoms with Crippen LogP contribution >= 0.6 is 0 Å². The number of nitrogens with zero attached hydrogens (tertiary/aromatic N) is 3. The Bertz CT molecular complexity index is 810. The van der Waals surface area contributed by atoms with Crippen molar-refractivity contribution >= 4 is 15.9 Å². The van der Waals surface area contributed by atoms with E-state index in [9.17, 15) is 13.2 Å². The van der Waals surface area contributed by atoms with Crippen LogP contribution in [0.15, 0.2) is 47.9 Å². The van der Waals surface area contributed by atoms with Crippen molar-refractivity contribution in [3.63, 3.8) is 0 Å². The van der Waals surface area contributed by atoms with Crippen molar-refractivity contribution in [3.8, 4) is 0 Å². The lowest BCUT2D eigenvalue weighted by Crippen LogP contribution is -2.35. The molecule has 1 N–H and O–H groups in total.